The highest BCUT2D eigenvalue weighted by Gasteiger charge is 2.16. The van der Waals surface area contributed by atoms with Gasteiger partial charge in [0.2, 0.25) is 0 Å². The van der Waals surface area contributed by atoms with Crippen molar-refractivity contribution in [2.75, 3.05) is 13.2 Å². The molecule has 0 aliphatic carbocycles. The third-order valence-corrected chi connectivity index (χ3v) is 7.55. The first-order valence-corrected chi connectivity index (χ1v) is 16.7. The Kier molecular flexibility index (Phi) is 30.0. The van der Waals surface area contributed by atoms with E-state index in [9.17, 15) is 0 Å². The zero-order valence-electron chi connectivity index (χ0n) is 25.6. The molecular formula is C34H68O2. The van der Waals surface area contributed by atoms with Gasteiger partial charge in [0, 0.05) is 5.92 Å². The molecule has 2 heteroatoms. The van der Waals surface area contributed by atoms with Crippen LogP contribution in [0, 0.1) is 5.92 Å². The third kappa shape index (κ3) is 25.0. The number of ether oxygens (including phenoxy) is 2. The quantitative estimate of drug-likeness (QED) is 0.0709. The summed E-state index contributed by atoms with van der Waals surface area (Å²) in [7, 11) is 0. The van der Waals surface area contributed by atoms with Crippen molar-refractivity contribution in [1.82, 2.24) is 0 Å². The van der Waals surface area contributed by atoms with Crippen LogP contribution in [0.25, 0.3) is 0 Å². The van der Waals surface area contributed by atoms with Crippen molar-refractivity contribution in [3.8, 4) is 0 Å². The molecule has 0 saturated heterocycles. The first kappa shape index (κ1) is 35.3. The molecule has 0 heterocycles. The highest BCUT2D eigenvalue weighted by Crippen LogP contribution is 2.27. The van der Waals surface area contributed by atoms with Gasteiger partial charge in [-0.3, -0.25) is 0 Å². The number of allylic oxidation sites excluding steroid dienone is 1. The summed E-state index contributed by atoms with van der Waals surface area (Å²) in [6, 6.07) is 0. The Morgan fingerprint density at radius 3 is 1.22 bits per heavy atom. The van der Waals surface area contributed by atoms with Crippen LogP contribution in [-0.4, -0.2) is 13.2 Å². The van der Waals surface area contributed by atoms with Crippen molar-refractivity contribution < 1.29 is 9.47 Å². The predicted octanol–water partition coefficient (Wildman–Crippen LogP) is 12.3. The molecule has 0 fully saturated rings. The molecule has 0 saturated carbocycles. The molecule has 0 aliphatic rings. The Labute approximate surface area is 228 Å². The summed E-state index contributed by atoms with van der Waals surface area (Å²) in [6.45, 7) is 10.7. The summed E-state index contributed by atoms with van der Waals surface area (Å²) in [4.78, 5) is 0. The molecule has 36 heavy (non-hydrogen) atoms. The largest absolute Gasteiger partial charge is 0.498 e. The van der Waals surface area contributed by atoms with Gasteiger partial charge in [-0.1, -0.05) is 163 Å². The van der Waals surface area contributed by atoms with E-state index in [0.29, 0.717) is 5.92 Å². The van der Waals surface area contributed by atoms with Gasteiger partial charge in [-0.15, -0.1) is 0 Å². The molecule has 0 aliphatic heterocycles. The van der Waals surface area contributed by atoms with Crippen LogP contribution < -0.4 is 0 Å². The van der Waals surface area contributed by atoms with Crippen LogP contribution >= 0.6 is 0 Å². The van der Waals surface area contributed by atoms with E-state index >= 15 is 0 Å². The summed E-state index contributed by atoms with van der Waals surface area (Å²) in [5.74, 6) is 1.69. The van der Waals surface area contributed by atoms with Crippen LogP contribution in [0.2, 0.25) is 0 Å². The predicted molar refractivity (Wildman–Crippen MR) is 162 cm³/mol. The van der Waals surface area contributed by atoms with Gasteiger partial charge in [-0.2, -0.15) is 0 Å². The molecule has 216 valence electrons. The number of unbranched alkanes of at least 4 members (excludes halogenated alkanes) is 19. The van der Waals surface area contributed by atoms with E-state index in [2.05, 4.69) is 27.7 Å². The normalized spacial score (nSPS) is 12.7. The maximum atomic E-state index is 6.33. The zero-order valence-corrected chi connectivity index (χ0v) is 25.6. The molecule has 0 rings (SSSR count). The molecule has 0 amide bonds. The van der Waals surface area contributed by atoms with Gasteiger partial charge >= 0.3 is 0 Å². The molecule has 0 radical (unpaired) electrons. The van der Waals surface area contributed by atoms with Crippen molar-refractivity contribution >= 4 is 0 Å². The molecule has 0 aromatic carbocycles. The molecule has 0 N–H and O–H groups in total. The SMILES string of the molecule is CCCCCCCCCCCCCC(CCCCCCCCCC)/C(=C\OCCCC)OCCCC. The number of hydrogen-bond donors (Lipinski definition) is 0. The van der Waals surface area contributed by atoms with Crippen LogP contribution in [-0.2, 0) is 9.47 Å². The van der Waals surface area contributed by atoms with Crippen molar-refractivity contribution in [3.05, 3.63) is 12.0 Å². The van der Waals surface area contributed by atoms with E-state index in [1.54, 1.807) is 0 Å². The molecule has 0 bridgehead atoms. The second-order valence-corrected chi connectivity index (χ2v) is 11.2. The Morgan fingerprint density at radius 2 is 0.806 bits per heavy atom. The first-order valence-electron chi connectivity index (χ1n) is 16.7. The topological polar surface area (TPSA) is 18.5 Å². The van der Waals surface area contributed by atoms with E-state index in [1.807, 2.05) is 6.26 Å². The smallest absolute Gasteiger partial charge is 0.133 e. The van der Waals surface area contributed by atoms with Gasteiger partial charge in [0.05, 0.1) is 13.2 Å². The van der Waals surface area contributed by atoms with Crippen LogP contribution in [0.15, 0.2) is 12.0 Å². The Bertz CT molecular complexity index is 431. The summed E-state index contributed by atoms with van der Waals surface area (Å²) in [6.07, 6.45) is 35.8. The lowest BCUT2D eigenvalue weighted by molar-refractivity contribution is 0.137. The van der Waals surface area contributed by atoms with Crippen molar-refractivity contribution in [1.29, 1.82) is 0 Å². The lowest BCUT2D eigenvalue weighted by Gasteiger charge is -2.21. The second-order valence-electron chi connectivity index (χ2n) is 11.2. The maximum Gasteiger partial charge on any atom is 0.133 e. The molecule has 0 aromatic heterocycles. The summed E-state index contributed by atoms with van der Waals surface area (Å²) in [5.41, 5.74) is 0. The average molecular weight is 509 g/mol. The van der Waals surface area contributed by atoms with Crippen molar-refractivity contribution in [2.45, 2.75) is 188 Å². The lowest BCUT2D eigenvalue weighted by atomic mass is 9.92. The van der Waals surface area contributed by atoms with E-state index in [-0.39, 0.29) is 0 Å². The fraction of sp³-hybridized carbons (Fsp3) is 0.941. The maximum absolute atomic E-state index is 6.33. The Hall–Kier alpha value is -0.660. The standard InChI is InChI=1S/C34H68O2/c1-5-9-13-15-17-19-20-21-23-25-27-29-33(28-26-24-22-18-16-14-10-6-2)34(36-31-12-8-4)32-35-30-11-7-3/h32-33H,5-31H2,1-4H3/b34-32+. The fourth-order valence-electron chi connectivity index (χ4n) is 4.96. The van der Waals surface area contributed by atoms with Gasteiger partial charge in [0.1, 0.15) is 12.0 Å². The van der Waals surface area contributed by atoms with Crippen molar-refractivity contribution in [3.63, 3.8) is 0 Å². The highest BCUT2D eigenvalue weighted by atomic mass is 16.5. The van der Waals surface area contributed by atoms with Gasteiger partial charge in [-0.25, -0.2) is 0 Å². The van der Waals surface area contributed by atoms with Gasteiger partial charge in [0.15, 0.2) is 0 Å². The first-order chi connectivity index (χ1) is 17.8. The summed E-state index contributed by atoms with van der Waals surface area (Å²) < 4.78 is 12.3. The van der Waals surface area contributed by atoms with Crippen LogP contribution in [0.1, 0.15) is 188 Å². The summed E-state index contributed by atoms with van der Waals surface area (Å²) in [5, 5.41) is 0. The Morgan fingerprint density at radius 1 is 0.444 bits per heavy atom. The van der Waals surface area contributed by atoms with Gasteiger partial charge in [-0.05, 0) is 25.7 Å². The Balaban J connectivity index is 4.47. The number of rotatable bonds is 30. The van der Waals surface area contributed by atoms with Crippen molar-refractivity contribution in [2.24, 2.45) is 5.92 Å². The molecule has 0 spiro atoms. The average Bonchev–Trinajstić information content (AvgIpc) is 2.89. The van der Waals surface area contributed by atoms with E-state index in [0.717, 1.165) is 31.8 Å². The molecule has 1 atom stereocenters. The van der Waals surface area contributed by atoms with E-state index < -0.39 is 0 Å². The van der Waals surface area contributed by atoms with Gasteiger partial charge in [0.25, 0.3) is 0 Å². The molecule has 2 nitrogen and oxygen atoms in total. The third-order valence-electron chi connectivity index (χ3n) is 7.55. The van der Waals surface area contributed by atoms with Crippen LogP contribution in [0.5, 0.6) is 0 Å². The summed E-state index contributed by atoms with van der Waals surface area (Å²) >= 11 is 0. The van der Waals surface area contributed by atoms with E-state index in [1.165, 1.54) is 148 Å². The second kappa shape index (κ2) is 30.6. The number of hydrogen-bond acceptors (Lipinski definition) is 2. The van der Waals surface area contributed by atoms with Gasteiger partial charge < -0.3 is 9.47 Å². The highest BCUT2D eigenvalue weighted by molar-refractivity contribution is 4.95. The van der Waals surface area contributed by atoms with E-state index in [4.69, 9.17) is 9.47 Å². The fourth-order valence-corrected chi connectivity index (χ4v) is 4.96. The molecule has 1 unspecified atom stereocenters. The van der Waals surface area contributed by atoms with Crippen LogP contribution in [0.3, 0.4) is 0 Å². The molecular weight excluding hydrogens is 440 g/mol. The lowest BCUT2D eigenvalue weighted by Crippen LogP contribution is -2.10. The minimum Gasteiger partial charge on any atom is -0.498 e. The zero-order chi connectivity index (χ0) is 26.4. The minimum absolute atomic E-state index is 0.544. The molecule has 0 aromatic rings. The minimum atomic E-state index is 0.544. The van der Waals surface area contributed by atoms with Crippen LogP contribution in [0.4, 0.5) is 0 Å². The monoisotopic (exact) mass is 509 g/mol.